The van der Waals surface area contributed by atoms with Gasteiger partial charge in [-0.2, -0.15) is 0 Å². The molecule has 126 valence electrons. The van der Waals surface area contributed by atoms with E-state index in [0.29, 0.717) is 11.1 Å². The van der Waals surface area contributed by atoms with E-state index >= 15 is 0 Å². The third kappa shape index (κ3) is 3.96. The second-order valence-corrected chi connectivity index (χ2v) is 5.23. The number of aromatic hydroxyl groups is 1. The Labute approximate surface area is 134 Å². The molecule has 0 amide bonds. The molecule has 6 heteroatoms. The Balaban J connectivity index is 2.39. The van der Waals surface area contributed by atoms with Gasteiger partial charge in [0.05, 0.1) is 18.1 Å². The average Bonchev–Trinajstić information content (AvgIpc) is 2.55. The van der Waals surface area contributed by atoms with Gasteiger partial charge in [-0.3, -0.25) is 0 Å². The van der Waals surface area contributed by atoms with E-state index in [0.717, 1.165) is 19.3 Å². The van der Waals surface area contributed by atoms with Gasteiger partial charge in [0.1, 0.15) is 17.9 Å². The quantitative estimate of drug-likeness (QED) is 0.727. The van der Waals surface area contributed by atoms with Crippen molar-refractivity contribution >= 4 is 11.0 Å². The third-order valence-corrected chi connectivity index (χ3v) is 3.52. The summed E-state index contributed by atoms with van der Waals surface area (Å²) in [6.07, 6.45) is 2.31. The van der Waals surface area contributed by atoms with Crippen molar-refractivity contribution in [3.63, 3.8) is 0 Å². The molecule has 0 aliphatic rings. The van der Waals surface area contributed by atoms with Gasteiger partial charge in [-0.05, 0) is 25.0 Å². The highest BCUT2D eigenvalue weighted by molar-refractivity contribution is 5.86. The summed E-state index contributed by atoms with van der Waals surface area (Å²) in [5, 5.41) is 19.5. The third-order valence-electron chi connectivity index (χ3n) is 3.52. The van der Waals surface area contributed by atoms with Crippen LogP contribution in [0.4, 0.5) is 0 Å². The Morgan fingerprint density at radius 2 is 2.09 bits per heavy atom. The molecule has 0 saturated carbocycles. The zero-order valence-corrected chi connectivity index (χ0v) is 13.4. The molecule has 6 nitrogen and oxygen atoms in total. The SMILES string of the molecule is CCCC(CC)Oc1c(O)c2ccc(OCCO)cc2oc1=O. The van der Waals surface area contributed by atoms with Crippen LogP contribution >= 0.6 is 0 Å². The molecule has 2 rings (SSSR count). The van der Waals surface area contributed by atoms with Crippen LogP contribution in [-0.2, 0) is 0 Å². The minimum absolute atomic E-state index is 0.115. The minimum Gasteiger partial charge on any atom is -0.504 e. The molecule has 1 heterocycles. The molecule has 2 N–H and O–H groups in total. The van der Waals surface area contributed by atoms with Crippen molar-refractivity contribution in [2.24, 2.45) is 0 Å². The Kier molecular flexibility index (Phi) is 5.87. The Bertz CT molecular complexity index is 706. The fraction of sp³-hybridized carbons (Fsp3) is 0.471. The van der Waals surface area contributed by atoms with Crippen molar-refractivity contribution in [1.29, 1.82) is 0 Å². The number of rotatable bonds is 8. The second-order valence-electron chi connectivity index (χ2n) is 5.23. The summed E-state index contributed by atoms with van der Waals surface area (Å²) >= 11 is 0. The molecule has 0 bridgehead atoms. The topological polar surface area (TPSA) is 89.1 Å². The van der Waals surface area contributed by atoms with Gasteiger partial charge in [0, 0.05) is 6.07 Å². The van der Waals surface area contributed by atoms with Crippen LogP contribution in [0.1, 0.15) is 33.1 Å². The van der Waals surface area contributed by atoms with Gasteiger partial charge in [-0.25, -0.2) is 4.79 Å². The fourth-order valence-electron chi connectivity index (χ4n) is 2.34. The Morgan fingerprint density at radius 3 is 2.74 bits per heavy atom. The molecule has 0 aliphatic carbocycles. The van der Waals surface area contributed by atoms with Gasteiger partial charge in [-0.1, -0.05) is 20.3 Å². The maximum absolute atomic E-state index is 12.1. The maximum Gasteiger partial charge on any atom is 0.383 e. The summed E-state index contributed by atoms with van der Waals surface area (Å²) in [5.74, 6) is 0.0709. The van der Waals surface area contributed by atoms with Gasteiger partial charge in [0.2, 0.25) is 5.75 Å². The summed E-state index contributed by atoms with van der Waals surface area (Å²) < 4.78 is 16.1. The molecule has 2 aromatic rings. The molecule has 0 aliphatic heterocycles. The Hall–Kier alpha value is -2.21. The summed E-state index contributed by atoms with van der Waals surface area (Å²) in [5.41, 5.74) is -0.511. The molecule has 1 unspecified atom stereocenters. The lowest BCUT2D eigenvalue weighted by Crippen LogP contribution is -2.19. The standard InChI is InChI=1S/C17H22O6/c1-3-5-11(4-2)22-16-15(19)13-7-6-12(21-9-8-18)10-14(13)23-17(16)20/h6-7,10-11,18-19H,3-5,8-9H2,1-2H3. The van der Waals surface area contributed by atoms with E-state index in [2.05, 4.69) is 0 Å². The van der Waals surface area contributed by atoms with Gasteiger partial charge in [0.15, 0.2) is 5.75 Å². The zero-order valence-electron chi connectivity index (χ0n) is 13.4. The highest BCUT2D eigenvalue weighted by Gasteiger charge is 2.19. The second kappa shape index (κ2) is 7.87. The van der Waals surface area contributed by atoms with Crippen LogP contribution in [0, 0.1) is 0 Å². The van der Waals surface area contributed by atoms with Crippen molar-refractivity contribution in [2.45, 2.75) is 39.2 Å². The first-order valence-corrected chi connectivity index (χ1v) is 7.80. The summed E-state index contributed by atoms with van der Waals surface area (Å²) in [7, 11) is 0. The Morgan fingerprint density at radius 1 is 1.30 bits per heavy atom. The number of aliphatic hydroxyl groups excluding tert-OH is 1. The van der Waals surface area contributed by atoms with Crippen LogP contribution in [0.3, 0.4) is 0 Å². The number of hydrogen-bond acceptors (Lipinski definition) is 6. The maximum atomic E-state index is 12.1. The molecular formula is C17H22O6. The van der Waals surface area contributed by atoms with E-state index in [4.69, 9.17) is 19.0 Å². The number of aliphatic hydroxyl groups is 1. The largest absolute Gasteiger partial charge is 0.504 e. The first-order valence-electron chi connectivity index (χ1n) is 7.80. The number of benzene rings is 1. The van der Waals surface area contributed by atoms with Gasteiger partial charge < -0.3 is 24.1 Å². The molecule has 0 saturated heterocycles. The van der Waals surface area contributed by atoms with Crippen LogP contribution in [0.15, 0.2) is 27.4 Å². The molecule has 0 fully saturated rings. The van der Waals surface area contributed by atoms with Crippen molar-refractivity contribution in [1.82, 2.24) is 0 Å². The van der Waals surface area contributed by atoms with Crippen molar-refractivity contribution in [3.8, 4) is 17.2 Å². The molecule has 23 heavy (non-hydrogen) atoms. The molecule has 0 radical (unpaired) electrons. The lowest BCUT2D eigenvalue weighted by molar-refractivity contribution is 0.172. The fourth-order valence-corrected chi connectivity index (χ4v) is 2.34. The zero-order chi connectivity index (χ0) is 16.8. The van der Waals surface area contributed by atoms with Crippen molar-refractivity contribution < 1.29 is 24.1 Å². The van der Waals surface area contributed by atoms with Crippen molar-refractivity contribution in [2.75, 3.05) is 13.2 Å². The van der Waals surface area contributed by atoms with E-state index < -0.39 is 5.63 Å². The molecule has 0 spiro atoms. The summed E-state index contributed by atoms with van der Waals surface area (Å²) in [6.45, 7) is 4.02. The van der Waals surface area contributed by atoms with Crippen LogP contribution in [-0.4, -0.2) is 29.5 Å². The lowest BCUT2D eigenvalue weighted by atomic mass is 10.1. The van der Waals surface area contributed by atoms with Gasteiger partial charge >= 0.3 is 5.63 Å². The van der Waals surface area contributed by atoms with E-state index in [1.807, 2.05) is 13.8 Å². The predicted molar refractivity (Wildman–Crippen MR) is 86.3 cm³/mol. The van der Waals surface area contributed by atoms with Gasteiger partial charge in [0.25, 0.3) is 0 Å². The predicted octanol–water partition coefficient (Wildman–Crippen LogP) is 2.83. The average molecular weight is 322 g/mol. The van der Waals surface area contributed by atoms with E-state index in [9.17, 15) is 9.90 Å². The number of hydrogen-bond donors (Lipinski definition) is 2. The van der Waals surface area contributed by atoms with Crippen molar-refractivity contribution in [3.05, 3.63) is 28.6 Å². The van der Waals surface area contributed by atoms with Crippen LogP contribution in [0.5, 0.6) is 17.2 Å². The van der Waals surface area contributed by atoms with Gasteiger partial charge in [-0.15, -0.1) is 0 Å². The lowest BCUT2D eigenvalue weighted by Gasteiger charge is -2.17. The highest BCUT2D eigenvalue weighted by Crippen LogP contribution is 2.34. The highest BCUT2D eigenvalue weighted by atomic mass is 16.5. The number of fused-ring (bicyclic) bond motifs is 1. The summed E-state index contributed by atoms with van der Waals surface area (Å²) in [6, 6.07) is 4.72. The molecule has 1 aromatic heterocycles. The monoisotopic (exact) mass is 322 g/mol. The smallest absolute Gasteiger partial charge is 0.383 e. The van der Waals surface area contributed by atoms with Crippen LogP contribution in [0.25, 0.3) is 11.0 Å². The summed E-state index contributed by atoms with van der Waals surface area (Å²) in [4.78, 5) is 12.1. The normalized spacial score (nSPS) is 12.3. The molecule has 1 aromatic carbocycles. The van der Waals surface area contributed by atoms with E-state index in [1.54, 1.807) is 12.1 Å². The molecular weight excluding hydrogens is 300 g/mol. The van der Waals surface area contributed by atoms with Crippen LogP contribution in [0.2, 0.25) is 0 Å². The first kappa shape index (κ1) is 17.1. The minimum atomic E-state index is -0.719. The number of ether oxygens (including phenoxy) is 2. The van der Waals surface area contributed by atoms with E-state index in [1.165, 1.54) is 6.07 Å². The first-order chi connectivity index (χ1) is 11.1. The van der Waals surface area contributed by atoms with Crippen LogP contribution < -0.4 is 15.1 Å². The van der Waals surface area contributed by atoms with E-state index in [-0.39, 0.29) is 36.4 Å². The molecule has 1 atom stereocenters.